The molecule has 6 rings (SSSR count). The van der Waals surface area contributed by atoms with Crippen LogP contribution in [-0.2, 0) is 25.5 Å². The summed E-state index contributed by atoms with van der Waals surface area (Å²) in [6.07, 6.45) is 2.92. The van der Waals surface area contributed by atoms with Gasteiger partial charge in [-0.05, 0) is 102 Å². The molecule has 0 spiro atoms. The summed E-state index contributed by atoms with van der Waals surface area (Å²) in [5.41, 5.74) is 10.0. The number of nitrogens with zero attached hydrogens (tertiary/aromatic N) is 2. The second kappa shape index (κ2) is 16.7. The number of hydrogen-bond acceptors (Lipinski definition) is 6. The van der Waals surface area contributed by atoms with E-state index in [0.717, 1.165) is 56.9 Å². The number of esters is 2. The smallest absolute Gasteiger partial charge is 0.335 e. The van der Waals surface area contributed by atoms with Crippen LogP contribution in [0, 0.1) is 0 Å². The molecule has 256 valence electrons. The number of benzene rings is 6. The Kier molecular flexibility index (Phi) is 11.2. The molecule has 0 saturated heterocycles. The molecule has 0 aliphatic rings. The number of carbonyl (C=O) groups is 2. The molecule has 0 aliphatic heterocycles. The highest BCUT2D eigenvalue weighted by Gasteiger charge is 2.15. The minimum absolute atomic E-state index is 0.267. The molecular weight excluding hydrogens is 645 g/mol. The first-order valence-corrected chi connectivity index (χ1v) is 16.9. The molecule has 0 atom stereocenters. The number of anilines is 6. The van der Waals surface area contributed by atoms with E-state index in [9.17, 15) is 9.59 Å². The van der Waals surface area contributed by atoms with Gasteiger partial charge in [-0.1, -0.05) is 92.5 Å². The van der Waals surface area contributed by atoms with Crippen molar-refractivity contribution in [1.29, 1.82) is 0 Å². The minimum atomic E-state index is -0.545. The van der Waals surface area contributed by atoms with Crippen molar-refractivity contribution in [2.75, 3.05) is 16.4 Å². The summed E-state index contributed by atoms with van der Waals surface area (Å²) < 4.78 is 10.4. The van der Waals surface area contributed by atoms with Crippen molar-refractivity contribution in [2.45, 2.75) is 6.42 Å². The predicted molar refractivity (Wildman–Crippen MR) is 211 cm³/mol. The number of hydrogen-bond donors (Lipinski definition) is 0. The largest absolute Gasteiger partial charge is 0.462 e. The molecule has 0 saturated carbocycles. The van der Waals surface area contributed by atoms with Crippen molar-refractivity contribution < 1.29 is 19.1 Å². The molecule has 6 aromatic carbocycles. The molecule has 0 aliphatic carbocycles. The molecule has 0 bridgehead atoms. The fourth-order valence-electron chi connectivity index (χ4n) is 5.81. The average molecular weight is 683 g/mol. The zero-order valence-electron chi connectivity index (χ0n) is 28.7. The molecule has 0 amide bonds. The highest BCUT2D eigenvalue weighted by Crippen LogP contribution is 2.38. The molecular formula is C46H38N2O4. The number of para-hydroxylation sites is 2. The summed E-state index contributed by atoms with van der Waals surface area (Å²) in [4.78, 5) is 27.5. The lowest BCUT2D eigenvalue weighted by molar-refractivity contribution is -0.137. The summed E-state index contributed by atoms with van der Waals surface area (Å²) in [6, 6.07) is 53.5. The molecule has 6 nitrogen and oxygen atoms in total. The Labute approximate surface area is 304 Å². The lowest BCUT2D eigenvalue weighted by atomic mass is 10.0. The molecule has 6 heteroatoms. The van der Waals surface area contributed by atoms with Crippen molar-refractivity contribution in [3.63, 3.8) is 0 Å². The van der Waals surface area contributed by atoms with Gasteiger partial charge in [-0.15, -0.1) is 0 Å². The first-order valence-electron chi connectivity index (χ1n) is 16.9. The van der Waals surface area contributed by atoms with E-state index in [0.29, 0.717) is 18.6 Å². The van der Waals surface area contributed by atoms with E-state index < -0.39 is 11.9 Å². The van der Waals surface area contributed by atoms with E-state index in [1.54, 1.807) is 0 Å². The molecule has 0 unspecified atom stereocenters. The predicted octanol–water partition coefficient (Wildman–Crippen LogP) is 11.3. The van der Waals surface area contributed by atoms with Gasteiger partial charge in [0.25, 0.3) is 0 Å². The van der Waals surface area contributed by atoms with Crippen LogP contribution in [0.25, 0.3) is 16.9 Å². The van der Waals surface area contributed by atoms with Gasteiger partial charge in [-0.2, -0.15) is 0 Å². The minimum Gasteiger partial charge on any atom is -0.462 e. The van der Waals surface area contributed by atoms with E-state index in [1.165, 1.54) is 6.08 Å². The van der Waals surface area contributed by atoms with Crippen LogP contribution in [0.3, 0.4) is 0 Å². The molecule has 0 fully saturated rings. The fourth-order valence-corrected chi connectivity index (χ4v) is 5.81. The van der Waals surface area contributed by atoms with Crippen LogP contribution in [0.5, 0.6) is 0 Å². The van der Waals surface area contributed by atoms with Gasteiger partial charge in [0.2, 0.25) is 0 Å². The van der Waals surface area contributed by atoms with Crippen LogP contribution in [0.4, 0.5) is 34.1 Å². The third-order valence-electron chi connectivity index (χ3n) is 8.45. The van der Waals surface area contributed by atoms with Gasteiger partial charge in [-0.3, -0.25) is 0 Å². The van der Waals surface area contributed by atoms with E-state index in [1.807, 2.05) is 60.7 Å². The molecule has 0 N–H and O–H groups in total. The Hall–Kier alpha value is -6.92. The average Bonchev–Trinajstić information content (AvgIpc) is 3.20. The van der Waals surface area contributed by atoms with Gasteiger partial charge in [0, 0.05) is 58.3 Å². The SMILES string of the molecule is C=CC(=O)OCCc1ccc(N(c2ccccc2)c2ccc(-c3ccc(N(c4ccccc4)c4ccc(C(=C)OC(=O)C=C)cc4)cc3)cc2)cc1. The Bertz CT molecular complexity index is 2140. The lowest BCUT2D eigenvalue weighted by Crippen LogP contribution is -2.10. The summed E-state index contributed by atoms with van der Waals surface area (Å²) >= 11 is 0. The van der Waals surface area contributed by atoms with Gasteiger partial charge in [0.05, 0.1) is 6.61 Å². The van der Waals surface area contributed by atoms with E-state index in [4.69, 9.17) is 9.47 Å². The quantitative estimate of drug-likeness (QED) is 0.0647. The molecule has 0 heterocycles. The standard InChI is InChI=1S/C46H38N2O4/c1-4-45(49)51-33-32-35-16-24-41(25-17-35)47(39-12-8-6-9-13-39)43-28-20-37(21-29-43)38-22-30-44(31-23-38)48(40-14-10-7-11-15-40)42-26-18-36(19-27-42)34(3)52-46(50)5-2/h4-31H,1-3,32-33H2. The first-order chi connectivity index (χ1) is 25.4. The fraction of sp³-hybridized carbons (Fsp3) is 0.0435. The monoisotopic (exact) mass is 682 g/mol. The number of carbonyl (C=O) groups excluding carboxylic acids is 2. The van der Waals surface area contributed by atoms with Crippen molar-refractivity contribution in [2.24, 2.45) is 0 Å². The van der Waals surface area contributed by atoms with Gasteiger partial charge in [0.1, 0.15) is 5.76 Å². The molecule has 52 heavy (non-hydrogen) atoms. The Morgan fingerprint density at radius 1 is 0.500 bits per heavy atom. The molecule has 0 aromatic heterocycles. The van der Waals surface area contributed by atoms with Crippen LogP contribution >= 0.6 is 0 Å². The topological polar surface area (TPSA) is 59.1 Å². The Balaban J connectivity index is 1.23. The highest BCUT2D eigenvalue weighted by molar-refractivity contribution is 5.87. The van der Waals surface area contributed by atoms with E-state index in [2.05, 4.69) is 127 Å². The van der Waals surface area contributed by atoms with E-state index in [-0.39, 0.29) is 5.76 Å². The zero-order chi connectivity index (χ0) is 36.3. The zero-order valence-corrected chi connectivity index (χ0v) is 28.7. The van der Waals surface area contributed by atoms with Crippen molar-refractivity contribution >= 4 is 51.8 Å². The van der Waals surface area contributed by atoms with Gasteiger partial charge in [-0.25, -0.2) is 9.59 Å². The Morgan fingerprint density at radius 2 is 0.885 bits per heavy atom. The summed E-state index contributed by atoms with van der Waals surface area (Å²) in [7, 11) is 0. The summed E-state index contributed by atoms with van der Waals surface area (Å²) in [5.74, 6) is -0.693. The van der Waals surface area contributed by atoms with Crippen LogP contribution in [-0.4, -0.2) is 18.5 Å². The first kappa shape index (κ1) is 34.9. The number of ether oxygens (including phenoxy) is 2. The highest BCUT2D eigenvalue weighted by atomic mass is 16.5. The second-order valence-electron chi connectivity index (χ2n) is 11.8. The third-order valence-corrected chi connectivity index (χ3v) is 8.45. The molecule has 0 radical (unpaired) electrons. The molecule has 6 aromatic rings. The van der Waals surface area contributed by atoms with Crippen LogP contribution < -0.4 is 9.80 Å². The van der Waals surface area contributed by atoms with Crippen LogP contribution in [0.2, 0.25) is 0 Å². The summed E-state index contributed by atoms with van der Waals surface area (Å²) in [5, 5.41) is 0. The van der Waals surface area contributed by atoms with Crippen LogP contribution in [0.1, 0.15) is 11.1 Å². The lowest BCUT2D eigenvalue weighted by Gasteiger charge is -2.26. The van der Waals surface area contributed by atoms with Crippen molar-refractivity contribution in [3.8, 4) is 11.1 Å². The van der Waals surface area contributed by atoms with Crippen molar-refractivity contribution in [1.82, 2.24) is 0 Å². The third kappa shape index (κ3) is 8.44. The van der Waals surface area contributed by atoms with Gasteiger partial charge < -0.3 is 19.3 Å². The second-order valence-corrected chi connectivity index (χ2v) is 11.8. The van der Waals surface area contributed by atoms with Crippen LogP contribution in [0.15, 0.2) is 190 Å². The Morgan fingerprint density at radius 3 is 1.31 bits per heavy atom. The van der Waals surface area contributed by atoms with Gasteiger partial charge in [0.15, 0.2) is 0 Å². The normalized spacial score (nSPS) is 10.5. The maximum Gasteiger partial charge on any atom is 0.335 e. The van der Waals surface area contributed by atoms with E-state index >= 15 is 0 Å². The van der Waals surface area contributed by atoms with Gasteiger partial charge >= 0.3 is 11.9 Å². The summed E-state index contributed by atoms with van der Waals surface area (Å²) in [6.45, 7) is 11.1. The number of rotatable bonds is 14. The maximum absolute atomic E-state index is 11.7. The van der Waals surface area contributed by atoms with Crippen molar-refractivity contribution in [3.05, 3.63) is 201 Å². The maximum atomic E-state index is 11.7.